The SMILES string of the molecule is CCCCCCCCCCCCCCCCCCCC(=O)O[C@H](COC(=O)CCCCCCCCCCC(C)CC)COP(=O)(O)OC[C@H](O)COP(=O)(O)OC[C@@H](COC(=O)CCCCCCCCCCCCCCCCC(C)C)OC(=O)CCCCCCCCCCCCCCCCCCCCC(C)C. The molecule has 0 aliphatic rings. The molecule has 0 aromatic rings. The number of carbonyl (C=O) groups is 4. The highest BCUT2D eigenvalue weighted by atomic mass is 31.2. The minimum atomic E-state index is -4.97. The Balaban J connectivity index is 5.26. The van der Waals surface area contributed by atoms with E-state index in [4.69, 9.17) is 37.0 Å². The lowest BCUT2D eigenvalue weighted by Crippen LogP contribution is -2.30. The molecule has 0 heterocycles. The molecule has 0 fully saturated rings. The van der Waals surface area contributed by atoms with Crippen molar-refractivity contribution in [3.63, 3.8) is 0 Å². The molecule has 19 heteroatoms. The van der Waals surface area contributed by atoms with Crippen molar-refractivity contribution in [1.82, 2.24) is 0 Å². The Morgan fingerprint density at radius 3 is 0.710 bits per heavy atom. The van der Waals surface area contributed by atoms with Gasteiger partial charge in [0.05, 0.1) is 26.4 Å². The van der Waals surface area contributed by atoms with Gasteiger partial charge in [0.15, 0.2) is 12.2 Å². The van der Waals surface area contributed by atoms with E-state index >= 15 is 0 Å². The Morgan fingerprint density at radius 2 is 0.477 bits per heavy atom. The number of rotatable bonds is 86. The predicted octanol–water partition coefficient (Wildman–Crippen LogP) is 26.9. The van der Waals surface area contributed by atoms with Crippen LogP contribution in [-0.4, -0.2) is 96.7 Å². The number of aliphatic hydroxyl groups excluding tert-OH is 1. The highest BCUT2D eigenvalue weighted by Crippen LogP contribution is 2.45. The van der Waals surface area contributed by atoms with Crippen LogP contribution in [0.25, 0.3) is 0 Å². The maximum absolute atomic E-state index is 13.2. The van der Waals surface area contributed by atoms with Crippen molar-refractivity contribution in [2.24, 2.45) is 17.8 Å². The summed E-state index contributed by atoms with van der Waals surface area (Å²) in [6.45, 7) is 12.1. The van der Waals surface area contributed by atoms with Crippen molar-refractivity contribution in [1.29, 1.82) is 0 Å². The first-order valence-electron chi connectivity index (χ1n) is 45.4. The molecule has 0 aromatic heterocycles. The average molecular weight is 1560 g/mol. The van der Waals surface area contributed by atoms with E-state index in [1.54, 1.807) is 0 Å². The van der Waals surface area contributed by atoms with Gasteiger partial charge in [-0.2, -0.15) is 0 Å². The molecule has 0 aromatic carbocycles. The minimum absolute atomic E-state index is 0.108. The summed E-state index contributed by atoms with van der Waals surface area (Å²) in [4.78, 5) is 73.3. The average Bonchev–Trinajstić information content (AvgIpc) is 0.902. The highest BCUT2D eigenvalue weighted by Gasteiger charge is 2.31. The third-order valence-electron chi connectivity index (χ3n) is 21.0. The van der Waals surface area contributed by atoms with Gasteiger partial charge in [-0.1, -0.05) is 414 Å². The lowest BCUT2D eigenvalue weighted by Gasteiger charge is -2.21. The van der Waals surface area contributed by atoms with Crippen LogP contribution in [0.15, 0.2) is 0 Å². The zero-order valence-electron chi connectivity index (χ0n) is 70.6. The van der Waals surface area contributed by atoms with Crippen LogP contribution < -0.4 is 0 Å². The molecule has 0 rings (SSSR count). The van der Waals surface area contributed by atoms with Gasteiger partial charge in [0.25, 0.3) is 0 Å². The van der Waals surface area contributed by atoms with E-state index in [0.29, 0.717) is 25.7 Å². The fourth-order valence-electron chi connectivity index (χ4n) is 13.7. The molecule has 6 atom stereocenters. The van der Waals surface area contributed by atoms with Gasteiger partial charge in [-0.05, 0) is 43.4 Å². The monoisotopic (exact) mass is 1560 g/mol. The van der Waals surface area contributed by atoms with Gasteiger partial charge in [-0.25, -0.2) is 9.13 Å². The molecule has 17 nitrogen and oxygen atoms in total. The van der Waals surface area contributed by atoms with Gasteiger partial charge in [0.2, 0.25) is 0 Å². The minimum Gasteiger partial charge on any atom is -0.462 e. The van der Waals surface area contributed by atoms with Crippen molar-refractivity contribution in [3.05, 3.63) is 0 Å². The molecule has 0 aliphatic heterocycles. The molecule has 0 radical (unpaired) electrons. The Morgan fingerprint density at radius 1 is 0.271 bits per heavy atom. The number of phosphoric ester groups is 2. The number of hydrogen-bond acceptors (Lipinski definition) is 15. The van der Waals surface area contributed by atoms with E-state index in [-0.39, 0.29) is 25.7 Å². The van der Waals surface area contributed by atoms with Gasteiger partial charge >= 0.3 is 39.5 Å². The standard InChI is InChI=1S/C88H172O17P2/c1-8-10-11-12-13-14-15-16-17-20-24-31-36-41-50-57-64-72-88(93)105-84(76-99-86(91)70-63-56-49-44-43-47-54-61-68-81(7)9-2)78-103-107(96,97)101-74-82(89)73-100-106(94,95)102-77-83(75-98-85(90)69-62-55-48-40-35-30-27-26-29-34-39-46-53-60-67-80(5)6)104-87(92)71-65-58-51-42-37-32-25-22-19-18-21-23-28-33-38-45-52-59-66-79(3)4/h79-84,89H,8-78H2,1-7H3,(H,94,95)(H,96,97)/t81?,82-,83-,84-/m1/s1. The van der Waals surface area contributed by atoms with E-state index in [0.717, 1.165) is 108 Å². The van der Waals surface area contributed by atoms with Crippen LogP contribution in [0.1, 0.15) is 466 Å². The van der Waals surface area contributed by atoms with Crippen LogP contribution in [-0.2, 0) is 65.4 Å². The summed E-state index contributed by atoms with van der Waals surface area (Å²) in [6, 6.07) is 0. The first-order valence-corrected chi connectivity index (χ1v) is 48.4. The fourth-order valence-corrected chi connectivity index (χ4v) is 15.3. The third kappa shape index (κ3) is 80.5. The molecule has 0 amide bonds. The molecular formula is C88H172O17P2. The summed E-state index contributed by atoms with van der Waals surface area (Å²) in [5.74, 6) is 0.296. The number of unbranched alkanes of at least 4 members (excludes halogenated alkanes) is 53. The largest absolute Gasteiger partial charge is 0.472 e. The quantitative estimate of drug-likeness (QED) is 0.0222. The molecule has 0 spiro atoms. The van der Waals surface area contributed by atoms with Gasteiger partial charge in [0.1, 0.15) is 19.3 Å². The van der Waals surface area contributed by atoms with Crippen molar-refractivity contribution in [2.75, 3.05) is 39.6 Å². The lowest BCUT2D eigenvalue weighted by molar-refractivity contribution is -0.161. The number of hydrogen-bond donors (Lipinski definition) is 3. The molecule has 107 heavy (non-hydrogen) atoms. The molecule has 0 aliphatic carbocycles. The topological polar surface area (TPSA) is 237 Å². The second-order valence-corrected chi connectivity index (χ2v) is 35.7. The third-order valence-corrected chi connectivity index (χ3v) is 22.9. The first-order chi connectivity index (χ1) is 51.8. The Kier molecular flexibility index (Phi) is 76.6. The predicted molar refractivity (Wildman–Crippen MR) is 441 cm³/mol. The van der Waals surface area contributed by atoms with Gasteiger partial charge < -0.3 is 33.8 Å². The molecule has 0 saturated heterocycles. The van der Waals surface area contributed by atoms with Crippen LogP contribution in [0.5, 0.6) is 0 Å². The zero-order chi connectivity index (χ0) is 78.6. The summed E-state index contributed by atoms with van der Waals surface area (Å²) < 4.78 is 69.0. The van der Waals surface area contributed by atoms with Crippen LogP contribution in [0.2, 0.25) is 0 Å². The number of phosphoric acid groups is 2. The Labute approximate surface area is 658 Å². The molecule has 0 saturated carbocycles. The van der Waals surface area contributed by atoms with E-state index in [9.17, 15) is 43.2 Å². The van der Waals surface area contributed by atoms with E-state index in [1.807, 2.05) is 0 Å². The number of carbonyl (C=O) groups excluding carboxylic acids is 4. The maximum atomic E-state index is 13.2. The van der Waals surface area contributed by atoms with Gasteiger partial charge in [0, 0.05) is 25.7 Å². The van der Waals surface area contributed by atoms with Crippen molar-refractivity contribution < 1.29 is 80.2 Å². The highest BCUT2D eigenvalue weighted by molar-refractivity contribution is 7.47. The van der Waals surface area contributed by atoms with Crippen LogP contribution in [0.3, 0.4) is 0 Å². The molecule has 3 unspecified atom stereocenters. The Bertz CT molecular complexity index is 2060. The second-order valence-electron chi connectivity index (χ2n) is 32.8. The van der Waals surface area contributed by atoms with Gasteiger partial charge in [-0.3, -0.25) is 37.3 Å². The summed E-state index contributed by atoms with van der Waals surface area (Å²) in [6.07, 6.45) is 69.3. The van der Waals surface area contributed by atoms with Crippen molar-refractivity contribution >= 4 is 39.5 Å². The summed E-state index contributed by atoms with van der Waals surface area (Å²) in [7, 11) is -9.93. The summed E-state index contributed by atoms with van der Waals surface area (Å²) in [5, 5.41) is 10.7. The smallest absolute Gasteiger partial charge is 0.462 e. The summed E-state index contributed by atoms with van der Waals surface area (Å²) >= 11 is 0. The zero-order valence-corrected chi connectivity index (χ0v) is 72.4. The molecule has 0 bridgehead atoms. The number of ether oxygens (including phenoxy) is 4. The molecule has 3 N–H and O–H groups in total. The molecular weight excluding hydrogens is 1390 g/mol. The van der Waals surface area contributed by atoms with Crippen molar-refractivity contribution in [3.8, 4) is 0 Å². The first kappa shape index (κ1) is 105. The van der Waals surface area contributed by atoms with Gasteiger partial charge in [-0.15, -0.1) is 0 Å². The van der Waals surface area contributed by atoms with Crippen LogP contribution in [0, 0.1) is 17.8 Å². The Hall–Kier alpha value is -1.94. The maximum Gasteiger partial charge on any atom is 0.472 e. The van der Waals surface area contributed by atoms with E-state index < -0.39 is 97.5 Å². The van der Waals surface area contributed by atoms with E-state index in [1.165, 1.54) is 276 Å². The number of esters is 4. The van der Waals surface area contributed by atoms with Crippen LogP contribution in [0.4, 0.5) is 0 Å². The van der Waals surface area contributed by atoms with Crippen LogP contribution >= 0.6 is 15.6 Å². The van der Waals surface area contributed by atoms with E-state index in [2.05, 4.69) is 48.5 Å². The fraction of sp³-hybridized carbons (Fsp3) is 0.955. The summed E-state index contributed by atoms with van der Waals surface area (Å²) in [5.41, 5.74) is 0. The second kappa shape index (κ2) is 78.0. The lowest BCUT2D eigenvalue weighted by atomic mass is 9.99. The molecule has 636 valence electrons. The van der Waals surface area contributed by atoms with Crippen molar-refractivity contribution in [2.45, 2.75) is 484 Å². The normalized spacial score (nSPS) is 14.1. The number of aliphatic hydroxyl groups is 1.